The molecule has 2 aromatic heterocycles. The highest BCUT2D eigenvalue weighted by atomic mass is 16.5. The molecule has 4 rings (SSSR count). The molecule has 7 nitrogen and oxygen atoms in total. The van der Waals surface area contributed by atoms with Crippen molar-refractivity contribution in [2.45, 2.75) is 52.5 Å². The maximum atomic E-state index is 12.3. The normalized spacial score (nSPS) is 13.9. The number of hydrogen-bond donors (Lipinski definition) is 1. The van der Waals surface area contributed by atoms with Gasteiger partial charge in [-0.2, -0.15) is 4.98 Å². The second-order valence-electron chi connectivity index (χ2n) is 7.55. The van der Waals surface area contributed by atoms with Crippen LogP contribution in [0.5, 0.6) is 0 Å². The lowest BCUT2D eigenvalue weighted by molar-refractivity contribution is -0.121. The highest BCUT2D eigenvalue weighted by molar-refractivity contribution is 5.88. The Kier molecular flexibility index (Phi) is 5.74. The largest absolute Gasteiger partial charge is 0.356 e. The number of carbonyl (C=O) groups excluding carboxylic acids is 1. The zero-order valence-electron chi connectivity index (χ0n) is 17.1. The third-order valence-corrected chi connectivity index (χ3v) is 5.44. The van der Waals surface area contributed by atoms with Crippen LogP contribution in [0.2, 0.25) is 0 Å². The van der Waals surface area contributed by atoms with Gasteiger partial charge in [-0.1, -0.05) is 36.3 Å². The molecule has 1 fully saturated rings. The molecule has 1 amide bonds. The van der Waals surface area contributed by atoms with Gasteiger partial charge in [0, 0.05) is 32.5 Å². The zero-order valence-corrected chi connectivity index (χ0v) is 17.1. The SMILES string of the molecule is CCc1ccc(CNC(=O)CCc2nc(N3CCCC3)c3c(C)noc3n2)cc1. The van der Waals surface area contributed by atoms with Gasteiger partial charge in [-0.15, -0.1) is 0 Å². The zero-order chi connectivity index (χ0) is 20.2. The molecule has 0 atom stereocenters. The molecule has 1 N–H and O–H groups in total. The summed E-state index contributed by atoms with van der Waals surface area (Å²) in [5.74, 6) is 1.50. The number of nitrogens with zero attached hydrogens (tertiary/aromatic N) is 4. The van der Waals surface area contributed by atoms with Crippen molar-refractivity contribution in [2.75, 3.05) is 18.0 Å². The Labute approximate surface area is 170 Å². The quantitative estimate of drug-likeness (QED) is 0.663. The number of aromatic nitrogens is 3. The number of fused-ring (bicyclic) bond motifs is 1. The first-order chi connectivity index (χ1) is 14.1. The summed E-state index contributed by atoms with van der Waals surface area (Å²) in [4.78, 5) is 23.8. The second-order valence-corrected chi connectivity index (χ2v) is 7.55. The summed E-state index contributed by atoms with van der Waals surface area (Å²) < 4.78 is 5.39. The topological polar surface area (TPSA) is 84.2 Å². The maximum Gasteiger partial charge on any atom is 0.263 e. The molecule has 7 heteroatoms. The van der Waals surface area contributed by atoms with Gasteiger partial charge in [0.2, 0.25) is 5.91 Å². The first-order valence-corrected chi connectivity index (χ1v) is 10.4. The van der Waals surface area contributed by atoms with E-state index < -0.39 is 0 Å². The average Bonchev–Trinajstić information content (AvgIpc) is 3.41. The van der Waals surface area contributed by atoms with Crippen LogP contribution >= 0.6 is 0 Å². The summed E-state index contributed by atoms with van der Waals surface area (Å²) in [7, 11) is 0. The Morgan fingerprint density at radius 3 is 2.59 bits per heavy atom. The first-order valence-electron chi connectivity index (χ1n) is 10.4. The van der Waals surface area contributed by atoms with Gasteiger partial charge in [-0.3, -0.25) is 4.79 Å². The maximum absolute atomic E-state index is 12.3. The van der Waals surface area contributed by atoms with Gasteiger partial charge in [0.15, 0.2) is 0 Å². The lowest BCUT2D eigenvalue weighted by atomic mass is 10.1. The predicted molar refractivity (Wildman–Crippen MR) is 112 cm³/mol. The summed E-state index contributed by atoms with van der Waals surface area (Å²) in [6.07, 6.45) is 4.14. The van der Waals surface area contributed by atoms with Crippen LogP contribution in [0.1, 0.15) is 48.8 Å². The van der Waals surface area contributed by atoms with Crippen molar-refractivity contribution in [1.29, 1.82) is 0 Å². The van der Waals surface area contributed by atoms with E-state index in [9.17, 15) is 4.79 Å². The standard InChI is InChI=1S/C22H27N5O2/c1-3-16-6-8-17(9-7-16)14-23-19(28)11-10-18-24-21(27-12-4-5-13-27)20-15(2)26-29-22(20)25-18/h6-9H,3-5,10-14H2,1-2H3,(H,23,28). The molecule has 0 bridgehead atoms. The minimum atomic E-state index is -0.00950. The van der Waals surface area contributed by atoms with Crippen molar-refractivity contribution < 1.29 is 9.32 Å². The Morgan fingerprint density at radius 2 is 1.86 bits per heavy atom. The number of rotatable bonds is 7. The number of anilines is 1. The van der Waals surface area contributed by atoms with Gasteiger partial charge in [0.1, 0.15) is 17.0 Å². The van der Waals surface area contributed by atoms with E-state index in [1.807, 2.05) is 6.92 Å². The molecule has 1 aliphatic rings. The van der Waals surface area contributed by atoms with Gasteiger partial charge in [0.05, 0.1) is 5.69 Å². The van der Waals surface area contributed by atoms with E-state index in [0.717, 1.165) is 54.8 Å². The van der Waals surface area contributed by atoms with Crippen LogP contribution < -0.4 is 10.2 Å². The Morgan fingerprint density at radius 1 is 1.14 bits per heavy atom. The minimum absolute atomic E-state index is 0.00950. The van der Waals surface area contributed by atoms with E-state index in [2.05, 4.69) is 51.5 Å². The van der Waals surface area contributed by atoms with Crippen LogP contribution in [0.25, 0.3) is 11.1 Å². The summed E-state index contributed by atoms with van der Waals surface area (Å²) in [5, 5.41) is 7.92. The molecule has 0 aliphatic carbocycles. The van der Waals surface area contributed by atoms with E-state index in [4.69, 9.17) is 9.51 Å². The molecule has 0 saturated carbocycles. The number of nitrogens with one attached hydrogen (secondary N) is 1. The third kappa shape index (κ3) is 4.39. The molecule has 0 radical (unpaired) electrons. The fourth-order valence-electron chi connectivity index (χ4n) is 3.69. The second kappa shape index (κ2) is 8.59. The Balaban J connectivity index is 1.40. The lowest BCUT2D eigenvalue weighted by Gasteiger charge is -2.17. The summed E-state index contributed by atoms with van der Waals surface area (Å²) in [6, 6.07) is 8.32. The summed E-state index contributed by atoms with van der Waals surface area (Å²) >= 11 is 0. The van der Waals surface area contributed by atoms with E-state index >= 15 is 0 Å². The van der Waals surface area contributed by atoms with Gasteiger partial charge in [0.25, 0.3) is 5.71 Å². The molecule has 29 heavy (non-hydrogen) atoms. The van der Waals surface area contributed by atoms with Gasteiger partial charge in [-0.05, 0) is 37.3 Å². The van der Waals surface area contributed by atoms with Crippen molar-refractivity contribution in [1.82, 2.24) is 20.4 Å². The molecule has 1 aliphatic heterocycles. The number of carbonyl (C=O) groups is 1. The summed E-state index contributed by atoms with van der Waals surface area (Å²) in [5.41, 5.74) is 3.71. The van der Waals surface area contributed by atoms with Crippen molar-refractivity contribution in [3.63, 3.8) is 0 Å². The van der Waals surface area contributed by atoms with Crippen molar-refractivity contribution in [2.24, 2.45) is 0 Å². The van der Waals surface area contributed by atoms with Crippen molar-refractivity contribution in [3.8, 4) is 0 Å². The van der Waals surface area contributed by atoms with Gasteiger partial charge >= 0.3 is 0 Å². The molecule has 3 aromatic rings. The van der Waals surface area contributed by atoms with Crippen LogP contribution in [-0.4, -0.2) is 34.1 Å². The number of hydrogen-bond acceptors (Lipinski definition) is 6. The van der Waals surface area contributed by atoms with Crippen LogP contribution in [0.15, 0.2) is 28.8 Å². The monoisotopic (exact) mass is 393 g/mol. The average molecular weight is 393 g/mol. The Bertz CT molecular complexity index is 990. The van der Waals surface area contributed by atoms with Crippen LogP contribution in [-0.2, 0) is 24.2 Å². The number of benzene rings is 1. The van der Waals surface area contributed by atoms with Crippen LogP contribution in [0.4, 0.5) is 5.82 Å². The fraction of sp³-hybridized carbons (Fsp3) is 0.455. The molecule has 0 unspecified atom stereocenters. The smallest absolute Gasteiger partial charge is 0.263 e. The fourth-order valence-corrected chi connectivity index (χ4v) is 3.69. The number of aryl methyl sites for hydroxylation is 3. The molecular formula is C22H27N5O2. The van der Waals surface area contributed by atoms with E-state index in [-0.39, 0.29) is 5.91 Å². The van der Waals surface area contributed by atoms with Crippen LogP contribution in [0, 0.1) is 6.92 Å². The van der Waals surface area contributed by atoms with Gasteiger partial charge < -0.3 is 14.7 Å². The lowest BCUT2D eigenvalue weighted by Crippen LogP contribution is -2.24. The van der Waals surface area contributed by atoms with E-state index in [1.165, 1.54) is 5.56 Å². The predicted octanol–water partition coefficient (Wildman–Crippen LogP) is 3.34. The Hall–Kier alpha value is -2.96. The molecule has 152 valence electrons. The molecule has 1 aromatic carbocycles. The molecule has 0 spiro atoms. The first kappa shape index (κ1) is 19.4. The molecular weight excluding hydrogens is 366 g/mol. The van der Waals surface area contributed by atoms with Gasteiger partial charge in [-0.25, -0.2) is 4.98 Å². The highest BCUT2D eigenvalue weighted by Gasteiger charge is 2.22. The van der Waals surface area contributed by atoms with E-state index in [0.29, 0.717) is 30.9 Å². The van der Waals surface area contributed by atoms with E-state index in [1.54, 1.807) is 0 Å². The third-order valence-electron chi connectivity index (χ3n) is 5.44. The van der Waals surface area contributed by atoms with Crippen LogP contribution in [0.3, 0.4) is 0 Å². The van der Waals surface area contributed by atoms with Crippen molar-refractivity contribution in [3.05, 3.63) is 46.9 Å². The minimum Gasteiger partial charge on any atom is -0.356 e. The molecule has 1 saturated heterocycles. The summed E-state index contributed by atoms with van der Waals surface area (Å²) in [6.45, 7) is 6.53. The van der Waals surface area contributed by atoms with Crippen molar-refractivity contribution >= 4 is 22.8 Å². The number of amides is 1. The highest BCUT2D eigenvalue weighted by Crippen LogP contribution is 2.29. The molecule has 3 heterocycles.